The fourth-order valence-electron chi connectivity index (χ4n) is 3.76. The van der Waals surface area contributed by atoms with E-state index < -0.39 is 21.4 Å². The first-order chi connectivity index (χ1) is 15.3. The molecule has 1 atom stereocenters. The minimum atomic E-state index is -3.84. The molecular weight excluding hydrogens is 427 g/mol. The molecule has 0 fully saturated rings. The molecule has 0 aliphatic heterocycles. The van der Waals surface area contributed by atoms with Crippen molar-refractivity contribution in [2.75, 3.05) is 0 Å². The van der Waals surface area contributed by atoms with Crippen molar-refractivity contribution in [3.63, 3.8) is 0 Å². The Balaban J connectivity index is 1.61. The Kier molecular flexibility index (Phi) is 6.10. The molecule has 0 spiro atoms. The zero-order valence-electron chi connectivity index (χ0n) is 17.5. The number of hydrogen-bond donors (Lipinski definition) is 1. The van der Waals surface area contributed by atoms with Gasteiger partial charge in [-0.05, 0) is 24.6 Å². The zero-order valence-corrected chi connectivity index (χ0v) is 18.3. The average molecular weight is 451 g/mol. The summed E-state index contributed by atoms with van der Waals surface area (Å²) in [6.07, 6.45) is 1.47. The maximum Gasteiger partial charge on any atom is 0.240 e. The molecule has 1 heterocycles. The van der Waals surface area contributed by atoms with Crippen molar-refractivity contribution in [3.8, 4) is 0 Å². The fourth-order valence-corrected chi connectivity index (χ4v) is 5.35. The second-order valence-electron chi connectivity index (χ2n) is 7.69. The highest BCUT2D eigenvalue weighted by Crippen LogP contribution is 2.28. The number of nitrogens with one attached hydrogen (secondary N) is 1. The first-order valence-corrected chi connectivity index (χ1v) is 11.9. The monoisotopic (exact) mass is 450 g/mol. The molecule has 1 aromatic heterocycles. The van der Waals surface area contributed by atoms with Gasteiger partial charge in [0.05, 0.1) is 16.7 Å². The molecule has 1 amide bonds. The maximum absolute atomic E-state index is 14.1. The third-order valence-electron chi connectivity index (χ3n) is 5.38. The van der Waals surface area contributed by atoms with Crippen molar-refractivity contribution < 1.29 is 17.6 Å². The highest BCUT2D eigenvalue weighted by atomic mass is 32.2. The summed E-state index contributed by atoms with van der Waals surface area (Å²) in [7, 11) is -3.84. The molecule has 4 aromatic rings. The molecule has 3 aromatic carbocycles. The van der Waals surface area contributed by atoms with Crippen LogP contribution >= 0.6 is 0 Å². The van der Waals surface area contributed by atoms with Crippen molar-refractivity contribution in [3.05, 3.63) is 102 Å². The molecule has 0 aliphatic rings. The predicted octanol–water partition coefficient (Wildman–Crippen LogP) is 4.63. The lowest BCUT2D eigenvalue weighted by atomic mass is 10.1. The minimum absolute atomic E-state index is 0.0348. The summed E-state index contributed by atoms with van der Waals surface area (Å²) >= 11 is 0. The second-order valence-corrected chi connectivity index (χ2v) is 9.65. The van der Waals surface area contributed by atoms with E-state index in [2.05, 4.69) is 5.32 Å². The number of fused-ring (bicyclic) bond motifs is 1. The van der Waals surface area contributed by atoms with E-state index in [0.717, 1.165) is 5.56 Å². The minimum Gasteiger partial charge on any atom is -0.348 e. The molecule has 1 unspecified atom stereocenters. The number of carbonyl (C=O) groups excluding carboxylic acids is 1. The molecule has 0 bridgehead atoms. The van der Waals surface area contributed by atoms with E-state index >= 15 is 0 Å². The number of sulfone groups is 1. The van der Waals surface area contributed by atoms with E-state index in [1.54, 1.807) is 34.9 Å². The topological polar surface area (TPSA) is 68.2 Å². The summed E-state index contributed by atoms with van der Waals surface area (Å²) in [6, 6.07) is 22.2. The van der Waals surface area contributed by atoms with Crippen LogP contribution in [0.5, 0.6) is 0 Å². The Morgan fingerprint density at radius 3 is 2.38 bits per heavy atom. The second kappa shape index (κ2) is 8.96. The Morgan fingerprint density at radius 1 is 0.969 bits per heavy atom. The van der Waals surface area contributed by atoms with E-state index in [4.69, 9.17) is 0 Å². The number of amides is 1. The zero-order chi connectivity index (χ0) is 22.7. The number of aromatic nitrogens is 1. The average Bonchev–Trinajstić information content (AvgIpc) is 3.15. The van der Waals surface area contributed by atoms with Crippen molar-refractivity contribution >= 4 is 26.6 Å². The van der Waals surface area contributed by atoms with Crippen LogP contribution in [0, 0.1) is 5.82 Å². The molecule has 32 heavy (non-hydrogen) atoms. The lowest BCUT2D eigenvalue weighted by Gasteiger charge is -2.15. The number of para-hydroxylation sites is 1. The Bertz CT molecular complexity index is 1360. The normalized spacial score (nSPS) is 12.6. The Labute approximate surface area is 186 Å². The van der Waals surface area contributed by atoms with Crippen molar-refractivity contribution in [2.24, 2.45) is 0 Å². The summed E-state index contributed by atoms with van der Waals surface area (Å²) in [5.74, 6) is -1.25. The molecular formula is C25H23FN2O3S. The van der Waals surface area contributed by atoms with Crippen molar-refractivity contribution in [1.82, 2.24) is 9.88 Å². The predicted molar refractivity (Wildman–Crippen MR) is 122 cm³/mol. The molecule has 0 radical (unpaired) electrons. The van der Waals surface area contributed by atoms with Crippen LogP contribution in [0.15, 0.2) is 90.0 Å². The number of hydrogen-bond acceptors (Lipinski definition) is 3. The Hall–Kier alpha value is -3.45. The molecule has 0 saturated heterocycles. The van der Waals surface area contributed by atoms with Crippen LogP contribution in [-0.4, -0.2) is 18.9 Å². The molecule has 1 N–H and O–H groups in total. The van der Waals surface area contributed by atoms with Gasteiger partial charge in [-0.1, -0.05) is 66.7 Å². The van der Waals surface area contributed by atoms with Gasteiger partial charge in [0.2, 0.25) is 5.91 Å². The highest BCUT2D eigenvalue weighted by molar-refractivity contribution is 7.90. The fraction of sp³-hybridized carbons (Fsp3) is 0.160. The molecule has 4 rings (SSSR count). The quantitative estimate of drug-likeness (QED) is 0.446. The molecule has 5 nitrogen and oxygen atoms in total. The summed E-state index contributed by atoms with van der Waals surface area (Å²) in [5.41, 5.74) is 1.72. The summed E-state index contributed by atoms with van der Waals surface area (Å²) < 4.78 is 42.0. The van der Waals surface area contributed by atoms with Gasteiger partial charge in [0.15, 0.2) is 9.84 Å². The SMILES string of the molecule is CC(NC(=O)Cn1cc(S(=O)(=O)Cc2ccccc2F)c2ccccc21)c1ccccc1. The third-order valence-corrected chi connectivity index (χ3v) is 7.07. The van der Waals surface area contributed by atoms with Crippen LogP contribution < -0.4 is 5.32 Å². The van der Waals surface area contributed by atoms with Gasteiger partial charge in [0, 0.05) is 22.7 Å². The lowest BCUT2D eigenvalue weighted by molar-refractivity contribution is -0.122. The lowest BCUT2D eigenvalue weighted by Crippen LogP contribution is -2.29. The van der Waals surface area contributed by atoms with Crippen LogP contribution in [0.4, 0.5) is 4.39 Å². The number of rotatable bonds is 7. The smallest absolute Gasteiger partial charge is 0.240 e. The number of nitrogens with zero attached hydrogens (tertiary/aromatic N) is 1. The number of halogens is 1. The van der Waals surface area contributed by atoms with Crippen LogP contribution in [0.25, 0.3) is 10.9 Å². The highest BCUT2D eigenvalue weighted by Gasteiger charge is 2.23. The third kappa shape index (κ3) is 4.57. The van der Waals surface area contributed by atoms with E-state index in [-0.39, 0.29) is 29.0 Å². The standard InChI is InChI=1S/C25H23FN2O3S/c1-18(19-9-3-2-4-10-19)27-25(29)16-28-15-24(21-12-6-8-14-23(21)28)32(30,31)17-20-11-5-7-13-22(20)26/h2-15,18H,16-17H2,1H3,(H,27,29). The Morgan fingerprint density at radius 2 is 1.62 bits per heavy atom. The largest absolute Gasteiger partial charge is 0.348 e. The van der Waals surface area contributed by atoms with Gasteiger partial charge in [0.1, 0.15) is 12.4 Å². The van der Waals surface area contributed by atoms with Crippen LogP contribution in [0.2, 0.25) is 0 Å². The van der Waals surface area contributed by atoms with E-state index in [1.165, 1.54) is 24.4 Å². The van der Waals surface area contributed by atoms with Crippen molar-refractivity contribution in [1.29, 1.82) is 0 Å². The number of carbonyl (C=O) groups is 1. The molecule has 164 valence electrons. The first-order valence-electron chi connectivity index (χ1n) is 10.2. The molecule has 0 aliphatic carbocycles. The van der Waals surface area contributed by atoms with E-state index in [9.17, 15) is 17.6 Å². The van der Waals surface area contributed by atoms with Crippen molar-refractivity contribution in [2.45, 2.75) is 30.2 Å². The van der Waals surface area contributed by atoms with Crippen LogP contribution in [-0.2, 0) is 26.9 Å². The first kappa shape index (κ1) is 21.8. The summed E-state index contributed by atoms with van der Waals surface area (Å²) in [5, 5.41) is 3.45. The molecule has 0 saturated carbocycles. The van der Waals surface area contributed by atoms with Gasteiger partial charge in [-0.2, -0.15) is 0 Å². The summed E-state index contributed by atoms with van der Waals surface area (Å²) in [6.45, 7) is 1.86. The van der Waals surface area contributed by atoms with Gasteiger partial charge >= 0.3 is 0 Å². The van der Waals surface area contributed by atoms with Gasteiger partial charge in [-0.15, -0.1) is 0 Å². The van der Waals surface area contributed by atoms with Crippen LogP contribution in [0.1, 0.15) is 24.1 Å². The van der Waals surface area contributed by atoms with Gasteiger partial charge in [-0.3, -0.25) is 4.79 Å². The maximum atomic E-state index is 14.1. The van der Waals surface area contributed by atoms with E-state index in [0.29, 0.717) is 10.9 Å². The van der Waals surface area contributed by atoms with Gasteiger partial charge < -0.3 is 9.88 Å². The van der Waals surface area contributed by atoms with E-state index in [1.807, 2.05) is 37.3 Å². The van der Waals surface area contributed by atoms with Crippen LogP contribution in [0.3, 0.4) is 0 Å². The summed E-state index contributed by atoms with van der Waals surface area (Å²) in [4.78, 5) is 12.8. The number of benzene rings is 3. The molecule has 7 heteroatoms. The van der Waals surface area contributed by atoms with Gasteiger partial charge in [-0.25, -0.2) is 12.8 Å². The van der Waals surface area contributed by atoms with Gasteiger partial charge in [0.25, 0.3) is 0 Å².